The first-order valence-electron chi connectivity index (χ1n) is 8.60. The van der Waals surface area contributed by atoms with E-state index in [-0.39, 0.29) is 29.0 Å². The van der Waals surface area contributed by atoms with Crippen molar-refractivity contribution in [2.45, 2.75) is 32.0 Å². The fourth-order valence-corrected chi connectivity index (χ4v) is 3.03. The quantitative estimate of drug-likeness (QED) is 0.860. The van der Waals surface area contributed by atoms with Crippen molar-refractivity contribution >= 4 is 11.8 Å². The van der Waals surface area contributed by atoms with Gasteiger partial charge in [0.25, 0.3) is 5.91 Å². The van der Waals surface area contributed by atoms with E-state index >= 15 is 0 Å². The summed E-state index contributed by atoms with van der Waals surface area (Å²) in [4.78, 5) is 25.6. The molecule has 1 saturated heterocycles. The lowest BCUT2D eigenvalue weighted by molar-refractivity contribution is -0.137. The van der Waals surface area contributed by atoms with E-state index in [1.807, 2.05) is 0 Å². The number of amides is 2. The van der Waals surface area contributed by atoms with Crippen LogP contribution in [0.4, 0.5) is 13.2 Å². The highest BCUT2D eigenvalue weighted by atomic mass is 19.4. The Morgan fingerprint density at radius 1 is 1.30 bits per heavy atom. The molecule has 1 atom stereocenters. The Labute approximate surface area is 154 Å². The summed E-state index contributed by atoms with van der Waals surface area (Å²) in [5, 5.41) is 2.74. The van der Waals surface area contributed by atoms with Crippen molar-refractivity contribution in [3.05, 3.63) is 47.7 Å². The van der Waals surface area contributed by atoms with Gasteiger partial charge in [-0.2, -0.15) is 13.2 Å². The molecule has 2 amide bonds. The lowest BCUT2D eigenvalue weighted by Gasteiger charge is -2.21. The van der Waals surface area contributed by atoms with Crippen molar-refractivity contribution in [2.75, 3.05) is 13.1 Å². The molecule has 0 spiro atoms. The Hall–Kier alpha value is -2.77. The van der Waals surface area contributed by atoms with E-state index in [4.69, 9.17) is 4.42 Å². The van der Waals surface area contributed by atoms with Gasteiger partial charge in [-0.3, -0.25) is 9.59 Å². The second-order valence-corrected chi connectivity index (χ2v) is 6.56. The van der Waals surface area contributed by atoms with E-state index in [0.29, 0.717) is 19.5 Å². The SMILES string of the molecule is C[C@H](CN1CCCC1=O)NC(=O)c1ccc(-c2cccc(C(F)(F)F)c2)o1. The van der Waals surface area contributed by atoms with Crippen LogP contribution in [0.15, 0.2) is 40.8 Å². The molecule has 27 heavy (non-hydrogen) atoms. The normalized spacial score (nSPS) is 15.9. The molecule has 144 valence electrons. The van der Waals surface area contributed by atoms with E-state index in [1.165, 1.54) is 24.3 Å². The summed E-state index contributed by atoms with van der Waals surface area (Å²) in [7, 11) is 0. The van der Waals surface area contributed by atoms with Crippen molar-refractivity contribution in [3.63, 3.8) is 0 Å². The fourth-order valence-electron chi connectivity index (χ4n) is 3.03. The number of rotatable bonds is 5. The van der Waals surface area contributed by atoms with Gasteiger partial charge >= 0.3 is 6.18 Å². The Bertz CT molecular complexity index is 845. The summed E-state index contributed by atoms with van der Waals surface area (Å²) in [5.74, 6) is -0.232. The number of hydrogen-bond donors (Lipinski definition) is 1. The smallest absolute Gasteiger partial charge is 0.416 e. The summed E-state index contributed by atoms with van der Waals surface area (Å²) in [6, 6.07) is 7.32. The second-order valence-electron chi connectivity index (χ2n) is 6.56. The third kappa shape index (κ3) is 4.50. The van der Waals surface area contributed by atoms with Gasteiger partial charge in [-0.15, -0.1) is 0 Å². The van der Waals surface area contributed by atoms with Gasteiger partial charge in [0.15, 0.2) is 5.76 Å². The number of carbonyl (C=O) groups is 2. The maximum absolute atomic E-state index is 12.8. The Morgan fingerprint density at radius 2 is 2.07 bits per heavy atom. The number of nitrogens with one attached hydrogen (secondary N) is 1. The molecule has 8 heteroatoms. The molecule has 3 rings (SSSR count). The van der Waals surface area contributed by atoms with E-state index in [9.17, 15) is 22.8 Å². The number of likely N-dealkylation sites (tertiary alicyclic amines) is 1. The zero-order valence-electron chi connectivity index (χ0n) is 14.7. The van der Waals surface area contributed by atoms with Crippen LogP contribution < -0.4 is 5.32 Å². The average Bonchev–Trinajstić information content (AvgIpc) is 3.24. The molecule has 1 fully saturated rings. The predicted octanol–water partition coefficient (Wildman–Crippen LogP) is 3.71. The highest BCUT2D eigenvalue weighted by Crippen LogP contribution is 2.32. The van der Waals surface area contributed by atoms with Gasteiger partial charge < -0.3 is 14.6 Å². The molecule has 5 nitrogen and oxygen atoms in total. The van der Waals surface area contributed by atoms with Gasteiger partial charge in [0.2, 0.25) is 5.91 Å². The van der Waals surface area contributed by atoms with Gasteiger partial charge in [0.05, 0.1) is 5.56 Å². The van der Waals surface area contributed by atoms with E-state index in [0.717, 1.165) is 18.6 Å². The monoisotopic (exact) mass is 380 g/mol. The average molecular weight is 380 g/mol. The molecule has 0 unspecified atom stereocenters. The molecule has 1 aromatic heterocycles. The Morgan fingerprint density at radius 3 is 2.74 bits per heavy atom. The van der Waals surface area contributed by atoms with Crippen LogP contribution in [0.1, 0.15) is 35.9 Å². The number of nitrogens with zero attached hydrogens (tertiary/aromatic N) is 1. The molecule has 0 bridgehead atoms. The predicted molar refractivity (Wildman–Crippen MR) is 91.9 cm³/mol. The number of hydrogen-bond acceptors (Lipinski definition) is 3. The number of carbonyl (C=O) groups excluding carboxylic acids is 2. The van der Waals surface area contributed by atoms with E-state index in [2.05, 4.69) is 5.32 Å². The zero-order chi connectivity index (χ0) is 19.6. The molecule has 2 heterocycles. The number of benzene rings is 1. The summed E-state index contributed by atoms with van der Waals surface area (Å²) < 4.78 is 43.9. The Balaban J connectivity index is 1.66. The van der Waals surface area contributed by atoms with Crippen LogP contribution in [0.25, 0.3) is 11.3 Å². The van der Waals surface area contributed by atoms with Crippen LogP contribution in [0.3, 0.4) is 0 Å². The molecular formula is C19H19F3N2O3. The third-order valence-electron chi connectivity index (χ3n) is 4.35. The van der Waals surface area contributed by atoms with Crippen LogP contribution in [0, 0.1) is 0 Å². The molecule has 2 aromatic rings. The van der Waals surface area contributed by atoms with E-state index < -0.39 is 17.6 Å². The highest BCUT2D eigenvalue weighted by Gasteiger charge is 2.30. The van der Waals surface area contributed by atoms with Gasteiger partial charge in [0.1, 0.15) is 5.76 Å². The molecule has 1 aromatic carbocycles. The maximum atomic E-state index is 12.8. The minimum absolute atomic E-state index is 0.00186. The van der Waals surface area contributed by atoms with Crippen LogP contribution in [0.5, 0.6) is 0 Å². The van der Waals surface area contributed by atoms with Crippen molar-refractivity contribution in [2.24, 2.45) is 0 Å². The maximum Gasteiger partial charge on any atom is 0.416 e. The topological polar surface area (TPSA) is 62.6 Å². The highest BCUT2D eigenvalue weighted by molar-refractivity contribution is 5.92. The summed E-state index contributed by atoms with van der Waals surface area (Å²) in [6.45, 7) is 2.87. The summed E-state index contributed by atoms with van der Waals surface area (Å²) >= 11 is 0. The first kappa shape index (κ1) is 19.0. The van der Waals surface area contributed by atoms with Crippen LogP contribution in [-0.2, 0) is 11.0 Å². The first-order chi connectivity index (χ1) is 12.7. The van der Waals surface area contributed by atoms with Crippen molar-refractivity contribution in [1.29, 1.82) is 0 Å². The molecule has 0 aliphatic carbocycles. The molecule has 0 radical (unpaired) electrons. The van der Waals surface area contributed by atoms with Crippen LogP contribution >= 0.6 is 0 Å². The number of halogens is 3. The standard InChI is InChI=1S/C19H19F3N2O3/c1-12(11-24-9-3-6-17(24)25)23-18(26)16-8-7-15(27-16)13-4-2-5-14(10-13)19(20,21)22/h2,4-5,7-8,10,12H,3,6,9,11H2,1H3,(H,23,26)/t12-/m1/s1. The Kier molecular flexibility index (Phi) is 5.25. The van der Waals surface area contributed by atoms with Gasteiger partial charge in [-0.1, -0.05) is 12.1 Å². The third-order valence-corrected chi connectivity index (χ3v) is 4.35. The zero-order valence-corrected chi connectivity index (χ0v) is 14.7. The van der Waals surface area contributed by atoms with Crippen molar-refractivity contribution in [1.82, 2.24) is 10.2 Å². The summed E-state index contributed by atoms with van der Waals surface area (Å²) in [5.41, 5.74) is -0.550. The molecule has 1 N–H and O–H groups in total. The minimum Gasteiger partial charge on any atom is -0.451 e. The van der Waals surface area contributed by atoms with Crippen molar-refractivity contribution < 1.29 is 27.2 Å². The van der Waals surface area contributed by atoms with E-state index in [1.54, 1.807) is 11.8 Å². The molecular weight excluding hydrogens is 361 g/mol. The number of alkyl halides is 3. The second kappa shape index (κ2) is 7.46. The molecule has 1 aliphatic rings. The largest absolute Gasteiger partial charge is 0.451 e. The van der Waals surface area contributed by atoms with Crippen LogP contribution in [-0.4, -0.2) is 35.8 Å². The van der Waals surface area contributed by atoms with Gasteiger partial charge in [0, 0.05) is 31.1 Å². The lowest BCUT2D eigenvalue weighted by atomic mass is 10.1. The van der Waals surface area contributed by atoms with Crippen LogP contribution in [0.2, 0.25) is 0 Å². The lowest BCUT2D eigenvalue weighted by Crippen LogP contribution is -2.42. The molecule has 1 aliphatic heterocycles. The summed E-state index contributed by atoms with van der Waals surface area (Å²) in [6.07, 6.45) is -3.11. The molecule has 0 saturated carbocycles. The number of furan rings is 1. The first-order valence-corrected chi connectivity index (χ1v) is 8.60. The van der Waals surface area contributed by atoms with Crippen molar-refractivity contribution in [3.8, 4) is 11.3 Å². The van der Waals surface area contributed by atoms with Gasteiger partial charge in [-0.25, -0.2) is 0 Å². The minimum atomic E-state index is -4.45. The van der Waals surface area contributed by atoms with Gasteiger partial charge in [-0.05, 0) is 37.6 Å². The fraction of sp³-hybridized carbons (Fsp3) is 0.368.